The van der Waals surface area contributed by atoms with Gasteiger partial charge < -0.3 is 10.6 Å². The van der Waals surface area contributed by atoms with Gasteiger partial charge in [-0.25, -0.2) is 18.6 Å². The summed E-state index contributed by atoms with van der Waals surface area (Å²) in [5.74, 6) is -1.49. The van der Waals surface area contributed by atoms with Crippen molar-refractivity contribution in [3.63, 3.8) is 0 Å². The van der Waals surface area contributed by atoms with E-state index in [1.807, 2.05) is 0 Å². The number of halogens is 2. The van der Waals surface area contributed by atoms with Crippen LogP contribution in [0, 0.1) is 23.0 Å². The third-order valence-electron chi connectivity index (χ3n) is 3.13. The fourth-order valence-electron chi connectivity index (χ4n) is 1.94. The van der Waals surface area contributed by atoms with E-state index in [0.29, 0.717) is 6.07 Å². The number of benzene rings is 1. The molecular weight excluding hydrogens is 350 g/mol. The first-order chi connectivity index (χ1) is 12.6. The van der Waals surface area contributed by atoms with Crippen molar-refractivity contribution < 1.29 is 13.6 Å². The third kappa shape index (κ3) is 3.75. The number of rotatable bonds is 5. The van der Waals surface area contributed by atoms with Crippen LogP contribution < -0.4 is 10.6 Å². The van der Waals surface area contributed by atoms with Crippen molar-refractivity contribution in [1.82, 2.24) is 40.7 Å². The minimum Gasteiger partial charge on any atom is -0.336 e. The van der Waals surface area contributed by atoms with Gasteiger partial charge in [-0.3, -0.25) is 4.68 Å². The Morgan fingerprint density at radius 2 is 2.15 bits per heavy atom. The van der Waals surface area contributed by atoms with Gasteiger partial charge in [0.15, 0.2) is 0 Å². The molecule has 0 fully saturated rings. The van der Waals surface area contributed by atoms with Crippen LogP contribution in [0.5, 0.6) is 0 Å². The highest BCUT2D eigenvalue weighted by molar-refractivity contribution is 5.89. The maximum Gasteiger partial charge on any atom is 0.319 e. The molecule has 26 heavy (non-hydrogen) atoms. The van der Waals surface area contributed by atoms with Crippen molar-refractivity contribution in [3.8, 4) is 17.7 Å². The predicted octanol–water partition coefficient (Wildman–Crippen LogP) is 0.430. The van der Waals surface area contributed by atoms with Crippen LogP contribution in [0.3, 0.4) is 0 Å². The second kappa shape index (κ2) is 7.30. The summed E-state index contributed by atoms with van der Waals surface area (Å²) in [6.07, 6.45) is 1.42. The molecule has 0 radical (unpaired) electrons. The van der Waals surface area contributed by atoms with Crippen LogP contribution in [-0.4, -0.2) is 48.0 Å². The number of urea groups is 1. The highest BCUT2D eigenvalue weighted by Crippen LogP contribution is 2.18. The Bertz CT molecular complexity index is 962. The first-order valence-electron chi connectivity index (χ1n) is 7.14. The van der Waals surface area contributed by atoms with Gasteiger partial charge >= 0.3 is 6.03 Å². The van der Waals surface area contributed by atoms with Crippen LogP contribution in [0.4, 0.5) is 19.3 Å². The first kappa shape index (κ1) is 16.9. The molecule has 2 heterocycles. The van der Waals surface area contributed by atoms with Crippen LogP contribution in [0.25, 0.3) is 11.6 Å². The molecule has 2 amide bonds. The van der Waals surface area contributed by atoms with E-state index in [9.17, 15) is 13.6 Å². The van der Waals surface area contributed by atoms with E-state index >= 15 is 0 Å². The molecule has 0 spiro atoms. The van der Waals surface area contributed by atoms with Crippen molar-refractivity contribution in [2.75, 3.05) is 11.9 Å². The van der Waals surface area contributed by atoms with Gasteiger partial charge in [0.25, 0.3) is 0 Å². The molecule has 132 valence electrons. The van der Waals surface area contributed by atoms with E-state index in [0.717, 1.165) is 6.07 Å². The normalized spacial score (nSPS) is 10.3. The molecule has 0 bridgehead atoms. The highest BCUT2D eigenvalue weighted by atomic mass is 19.1. The Morgan fingerprint density at radius 3 is 2.88 bits per heavy atom. The van der Waals surface area contributed by atoms with Crippen molar-refractivity contribution in [3.05, 3.63) is 35.7 Å². The lowest BCUT2D eigenvalue weighted by molar-refractivity contribution is 0.251. The molecule has 0 aliphatic carbocycles. The van der Waals surface area contributed by atoms with Crippen LogP contribution in [0.15, 0.2) is 18.5 Å². The molecular formula is C13H10F2N10O. The Kier molecular flexibility index (Phi) is 4.74. The molecule has 3 aromatic rings. The number of hydrogen-bond donors (Lipinski definition) is 3. The van der Waals surface area contributed by atoms with E-state index in [4.69, 9.17) is 5.26 Å². The summed E-state index contributed by atoms with van der Waals surface area (Å²) in [5.41, 5.74) is -0.682. The van der Waals surface area contributed by atoms with Crippen LogP contribution in [0.2, 0.25) is 0 Å². The smallest absolute Gasteiger partial charge is 0.319 e. The predicted molar refractivity (Wildman–Crippen MR) is 81.3 cm³/mol. The van der Waals surface area contributed by atoms with Gasteiger partial charge in [0.05, 0.1) is 17.8 Å². The second-order valence-electron chi connectivity index (χ2n) is 4.87. The van der Waals surface area contributed by atoms with E-state index in [-0.39, 0.29) is 36.0 Å². The average Bonchev–Trinajstić information content (AvgIpc) is 3.28. The maximum absolute atomic E-state index is 13.6. The summed E-state index contributed by atoms with van der Waals surface area (Å²) in [4.78, 5) is 15.8. The van der Waals surface area contributed by atoms with E-state index in [2.05, 4.69) is 41.3 Å². The zero-order valence-electron chi connectivity index (χ0n) is 12.9. The molecule has 0 aliphatic heterocycles. The third-order valence-corrected chi connectivity index (χ3v) is 3.13. The standard InChI is InChI=1S/C13H10F2N10O/c14-8-4-9(15)10(3-7(8)5-16)19-13(26)17-1-2-25-6-18-11(22-25)12-20-23-24-21-12/h3-4,6H,1-2H2,(H2,17,19,26)(H,20,21,23,24). The van der Waals surface area contributed by atoms with Gasteiger partial charge in [0.2, 0.25) is 11.6 Å². The molecule has 0 aliphatic rings. The number of tetrazole rings is 1. The minimum atomic E-state index is -1.00. The lowest BCUT2D eigenvalue weighted by Crippen LogP contribution is -2.32. The Morgan fingerprint density at radius 1 is 1.31 bits per heavy atom. The van der Waals surface area contributed by atoms with E-state index < -0.39 is 17.7 Å². The fraction of sp³-hybridized carbons (Fsp3) is 0.154. The van der Waals surface area contributed by atoms with E-state index in [1.165, 1.54) is 11.0 Å². The topological polar surface area (TPSA) is 150 Å². The van der Waals surface area contributed by atoms with Crippen molar-refractivity contribution in [2.45, 2.75) is 6.54 Å². The van der Waals surface area contributed by atoms with Gasteiger partial charge in [-0.05, 0) is 11.3 Å². The molecule has 2 aromatic heterocycles. The summed E-state index contributed by atoms with van der Waals surface area (Å²) >= 11 is 0. The second-order valence-corrected chi connectivity index (χ2v) is 4.87. The molecule has 13 heteroatoms. The molecule has 3 N–H and O–H groups in total. The van der Waals surface area contributed by atoms with Crippen molar-refractivity contribution >= 4 is 11.7 Å². The average molecular weight is 360 g/mol. The van der Waals surface area contributed by atoms with Crippen LogP contribution in [0.1, 0.15) is 5.56 Å². The Balaban J connectivity index is 1.53. The van der Waals surface area contributed by atoms with Gasteiger partial charge in [-0.1, -0.05) is 0 Å². The van der Waals surface area contributed by atoms with Gasteiger partial charge in [0, 0.05) is 12.6 Å². The summed E-state index contributed by atoms with van der Waals surface area (Å²) in [6, 6.07) is 2.29. The van der Waals surface area contributed by atoms with Gasteiger partial charge in [-0.2, -0.15) is 10.5 Å². The fourth-order valence-corrected chi connectivity index (χ4v) is 1.94. The van der Waals surface area contributed by atoms with Gasteiger partial charge in [-0.15, -0.1) is 15.3 Å². The highest BCUT2D eigenvalue weighted by Gasteiger charge is 2.12. The number of carbonyl (C=O) groups is 1. The quantitative estimate of drug-likeness (QED) is 0.597. The Hall–Kier alpha value is -3.95. The molecule has 0 saturated heterocycles. The number of nitrogens with one attached hydrogen (secondary N) is 3. The van der Waals surface area contributed by atoms with Crippen LogP contribution in [-0.2, 0) is 6.54 Å². The summed E-state index contributed by atoms with van der Waals surface area (Å²) in [7, 11) is 0. The maximum atomic E-state index is 13.6. The number of nitrogens with zero attached hydrogens (tertiary/aromatic N) is 7. The number of nitriles is 1. The zero-order chi connectivity index (χ0) is 18.5. The number of aromatic nitrogens is 7. The first-order valence-corrected chi connectivity index (χ1v) is 7.14. The lowest BCUT2D eigenvalue weighted by atomic mass is 10.2. The largest absolute Gasteiger partial charge is 0.336 e. The zero-order valence-corrected chi connectivity index (χ0v) is 12.9. The van der Waals surface area contributed by atoms with Gasteiger partial charge in [0.1, 0.15) is 24.0 Å². The molecule has 1 aromatic carbocycles. The summed E-state index contributed by atoms with van der Waals surface area (Å²) in [5, 5.41) is 30.6. The summed E-state index contributed by atoms with van der Waals surface area (Å²) in [6.45, 7) is 0.419. The molecule has 0 atom stereocenters. The van der Waals surface area contributed by atoms with E-state index in [1.54, 1.807) is 6.07 Å². The number of H-pyrrole nitrogens is 1. The number of aromatic amines is 1. The number of carbonyl (C=O) groups excluding carboxylic acids is 1. The SMILES string of the molecule is N#Cc1cc(NC(=O)NCCn2cnc(-c3nn[nH]n3)n2)c(F)cc1F. The molecule has 0 unspecified atom stereocenters. The molecule has 3 rings (SSSR count). The van der Waals surface area contributed by atoms with Crippen molar-refractivity contribution in [2.24, 2.45) is 0 Å². The summed E-state index contributed by atoms with van der Waals surface area (Å²) < 4.78 is 28.3. The number of amides is 2. The van der Waals surface area contributed by atoms with Crippen LogP contribution >= 0.6 is 0 Å². The Labute approximate surface area is 144 Å². The number of hydrogen-bond acceptors (Lipinski definition) is 7. The van der Waals surface area contributed by atoms with Crippen molar-refractivity contribution in [1.29, 1.82) is 5.26 Å². The molecule has 0 saturated carbocycles. The lowest BCUT2D eigenvalue weighted by Gasteiger charge is -2.09. The molecule has 11 nitrogen and oxygen atoms in total. The minimum absolute atomic E-state index is 0.148. The monoisotopic (exact) mass is 360 g/mol. The number of anilines is 1.